The number of oxazole rings is 1. The Morgan fingerprint density at radius 1 is 1.33 bits per heavy atom. The zero-order valence-corrected chi connectivity index (χ0v) is 15.0. The highest BCUT2D eigenvalue weighted by atomic mass is 19.1. The summed E-state index contributed by atoms with van der Waals surface area (Å²) in [6.45, 7) is 2.62. The summed E-state index contributed by atoms with van der Waals surface area (Å²) < 4.78 is 18.3. The second-order valence-electron chi connectivity index (χ2n) is 6.67. The van der Waals surface area contributed by atoms with Crippen molar-refractivity contribution >= 4 is 11.9 Å². The van der Waals surface area contributed by atoms with Gasteiger partial charge < -0.3 is 14.8 Å². The molecule has 144 valence electrons. The van der Waals surface area contributed by atoms with Gasteiger partial charge in [0.25, 0.3) is 0 Å². The lowest BCUT2D eigenvalue weighted by atomic mass is 9.85. The Bertz CT molecular complexity index is 800. The number of halogens is 1. The number of carbonyl (C=O) groups is 2. The van der Waals surface area contributed by atoms with Gasteiger partial charge in [0.05, 0.1) is 18.7 Å². The molecule has 0 saturated heterocycles. The smallest absolute Gasteiger partial charge is 0.317 e. The minimum atomic E-state index is -0.840. The second kappa shape index (κ2) is 8.30. The van der Waals surface area contributed by atoms with Crippen LogP contribution in [0, 0.1) is 5.82 Å². The molecule has 0 spiro atoms. The molecule has 2 aromatic rings. The highest BCUT2D eigenvalue weighted by molar-refractivity contribution is 5.78. The molecule has 3 rings (SSSR count). The molecule has 0 radical (unpaired) electrons. The third-order valence-electron chi connectivity index (χ3n) is 4.72. The topological polar surface area (TPSA) is 95.7 Å². The molecule has 0 aliphatic heterocycles. The standard InChI is InChI=1S/C19H22FN3O4/c1-2-23(10-18(25)26)16-7-14(8-16)21-17(24)9-15-11-27-19(22-15)12-3-5-13(20)6-4-12/h3-6,11,14,16H,2,7-10H2,1H3,(H,21,24)(H,25,26). The van der Waals surface area contributed by atoms with Crippen LogP contribution in [0.25, 0.3) is 11.5 Å². The van der Waals surface area contributed by atoms with Gasteiger partial charge in [0.2, 0.25) is 11.8 Å². The van der Waals surface area contributed by atoms with Gasteiger partial charge in [0, 0.05) is 17.6 Å². The number of amides is 1. The largest absolute Gasteiger partial charge is 0.480 e. The number of nitrogens with zero attached hydrogens (tertiary/aromatic N) is 2. The fourth-order valence-corrected chi connectivity index (χ4v) is 3.23. The molecule has 0 unspecified atom stereocenters. The maximum atomic E-state index is 13.0. The first-order chi connectivity index (χ1) is 12.9. The van der Waals surface area contributed by atoms with Crippen molar-refractivity contribution in [1.29, 1.82) is 0 Å². The molecule has 1 aromatic heterocycles. The summed E-state index contributed by atoms with van der Waals surface area (Å²) in [4.78, 5) is 29.2. The first kappa shape index (κ1) is 19.0. The van der Waals surface area contributed by atoms with Crippen LogP contribution in [0.1, 0.15) is 25.5 Å². The molecule has 1 heterocycles. The minimum absolute atomic E-state index is 0.0208. The number of hydrogen-bond acceptors (Lipinski definition) is 5. The van der Waals surface area contributed by atoms with Crippen LogP contribution in [-0.2, 0) is 16.0 Å². The van der Waals surface area contributed by atoms with Crippen LogP contribution in [0.2, 0.25) is 0 Å². The molecule has 8 heteroatoms. The van der Waals surface area contributed by atoms with Crippen LogP contribution in [0.4, 0.5) is 4.39 Å². The van der Waals surface area contributed by atoms with Crippen molar-refractivity contribution < 1.29 is 23.5 Å². The van der Waals surface area contributed by atoms with Gasteiger partial charge >= 0.3 is 5.97 Å². The van der Waals surface area contributed by atoms with Gasteiger partial charge in [-0.15, -0.1) is 0 Å². The Kier molecular flexibility index (Phi) is 5.85. The summed E-state index contributed by atoms with van der Waals surface area (Å²) in [7, 11) is 0. The maximum absolute atomic E-state index is 13.0. The number of likely N-dealkylation sites (N-methyl/N-ethyl adjacent to an activating group) is 1. The Hall–Kier alpha value is -2.74. The molecule has 1 aliphatic carbocycles. The minimum Gasteiger partial charge on any atom is -0.480 e. The lowest BCUT2D eigenvalue weighted by Gasteiger charge is -2.42. The van der Waals surface area contributed by atoms with Gasteiger partial charge in [-0.1, -0.05) is 6.92 Å². The van der Waals surface area contributed by atoms with E-state index in [1.165, 1.54) is 18.4 Å². The average Bonchev–Trinajstić information content (AvgIpc) is 3.04. The van der Waals surface area contributed by atoms with Crippen molar-refractivity contribution in [2.45, 2.75) is 38.3 Å². The van der Waals surface area contributed by atoms with Crippen molar-refractivity contribution in [1.82, 2.24) is 15.2 Å². The first-order valence-corrected chi connectivity index (χ1v) is 8.90. The fraction of sp³-hybridized carbons (Fsp3) is 0.421. The second-order valence-corrected chi connectivity index (χ2v) is 6.67. The summed E-state index contributed by atoms with van der Waals surface area (Å²) >= 11 is 0. The van der Waals surface area contributed by atoms with Crippen LogP contribution >= 0.6 is 0 Å². The van der Waals surface area contributed by atoms with E-state index in [1.54, 1.807) is 12.1 Å². The molecule has 0 bridgehead atoms. The van der Waals surface area contributed by atoms with Crippen molar-refractivity contribution in [2.24, 2.45) is 0 Å². The van der Waals surface area contributed by atoms with Gasteiger partial charge in [-0.25, -0.2) is 9.37 Å². The fourth-order valence-electron chi connectivity index (χ4n) is 3.23. The van der Waals surface area contributed by atoms with Crippen LogP contribution < -0.4 is 5.32 Å². The molecule has 0 atom stereocenters. The quantitative estimate of drug-likeness (QED) is 0.733. The zero-order valence-electron chi connectivity index (χ0n) is 15.0. The van der Waals surface area contributed by atoms with Crippen LogP contribution in [-0.4, -0.2) is 52.0 Å². The number of nitrogens with one attached hydrogen (secondary N) is 1. The van der Waals surface area contributed by atoms with Gasteiger partial charge in [0.1, 0.15) is 12.1 Å². The van der Waals surface area contributed by atoms with E-state index >= 15 is 0 Å². The number of aliphatic carboxylic acids is 1. The van der Waals surface area contributed by atoms with E-state index in [0.29, 0.717) is 23.7 Å². The Balaban J connectivity index is 1.47. The predicted molar refractivity (Wildman–Crippen MR) is 95.4 cm³/mol. The highest BCUT2D eigenvalue weighted by Crippen LogP contribution is 2.26. The molecule has 1 saturated carbocycles. The van der Waals surface area contributed by atoms with Gasteiger partial charge in [0.15, 0.2) is 0 Å². The van der Waals surface area contributed by atoms with E-state index in [0.717, 1.165) is 12.8 Å². The average molecular weight is 375 g/mol. The Morgan fingerprint density at radius 2 is 2.04 bits per heavy atom. The van der Waals surface area contributed by atoms with E-state index in [2.05, 4.69) is 10.3 Å². The summed E-state index contributed by atoms with van der Waals surface area (Å²) in [5.41, 5.74) is 1.15. The van der Waals surface area contributed by atoms with Crippen molar-refractivity contribution in [2.75, 3.05) is 13.1 Å². The third kappa shape index (κ3) is 4.91. The molecule has 1 amide bonds. The maximum Gasteiger partial charge on any atom is 0.317 e. The Labute approximate surface area is 156 Å². The van der Waals surface area contributed by atoms with E-state index in [-0.39, 0.29) is 36.8 Å². The Morgan fingerprint density at radius 3 is 2.67 bits per heavy atom. The number of carboxylic acid groups (broad SMARTS) is 1. The van der Waals surface area contributed by atoms with Crippen molar-refractivity contribution in [3.8, 4) is 11.5 Å². The SMILES string of the molecule is CCN(CC(=O)O)C1CC(NC(=O)Cc2coc(-c3ccc(F)cc3)n2)C1. The summed E-state index contributed by atoms with van der Waals surface area (Å²) in [5, 5.41) is 11.9. The number of hydrogen-bond donors (Lipinski definition) is 2. The molecular formula is C19H22FN3O4. The van der Waals surface area contributed by atoms with E-state index in [1.807, 2.05) is 11.8 Å². The number of benzene rings is 1. The monoisotopic (exact) mass is 375 g/mol. The predicted octanol–water partition coefficient (Wildman–Crippen LogP) is 2.08. The lowest BCUT2D eigenvalue weighted by molar-refractivity contribution is -0.139. The normalized spacial score (nSPS) is 18.9. The zero-order chi connectivity index (χ0) is 19.4. The van der Waals surface area contributed by atoms with E-state index < -0.39 is 5.97 Å². The molecule has 1 aliphatic rings. The van der Waals surface area contributed by atoms with Crippen molar-refractivity contribution in [3.05, 3.63) is 42.0 Å². The number of carboxylic acids is 1. The van der Waals surface area contributed by atoms with Crippen molar-refractivity contribution in [3.63, 3.8) is 0 Å². The van der Waals surface area contributed by atoms with Gasteiger partial charge in [-0.3, -0.25) is 14.5 Å². The lowest BCUT2D eigenvalue weighted by Crippen LogP contribution is -2.55. The summed E-state index contributed by atoms with van der Waals surface area (Å²) in [6.07, 6.45) is 3.00. The molecule has 27 heavy (non-hydrogen) atoms. The number of rotatable bonds is 8. The molecular weight excluding hydrogens is 353 g/mol. The van der Waals surface area contributed by atoms with Crippen LogP contribution in [0.15, 0.2) is 34.9 Å². The molecule has 2 N–H and O–H groups in total. The number of carbonyl (C=O) groups excluding carboxylic acids is 1. The molecule has 1 fully saturated rings. The van der Waals surface area contributed by atoms with E-state index in [4.69, 9.17) is 9.52 Å². The van der Waals surface area contributed by atoms with E-state index in [9.17, 15) is 14.0 Å². The van der Waals surface area contributed by atoms with Crippen LogP contribution in [0.5, 0.6) is 0 Å². The van der Waals surface area contributed by atoms with Gasteiger partial charge in [-0.2, -0.15) is 0 Å². The first-order valence-electron chi connectivity index (χ1n) is 8.90. The molecule has 7 nitrogen and oxygen atoms in total. The van der Waals surface area contributed by atoms with Crippen LogP contribution in [0.3, 0.4) is 0 Å². The molecule has 1 aromatic carbocycles. The highest BCUT2D eigenvalue weighted by Gasteiger charge is 2.34. The number of aromatic nitrogens is 1. The summed E-state index contributed by atoms with van der Waals surface area (Å²) in [6, 6.07) is 6.01. The summed E-state index contributed by atoms with van der Waals surface area (Å²) in [5.74, 6) is -0.992. The van der Waals surface area contributed by atoms with Gasteiger partial charge in [-0.05, 0) is 43.7 Å². The third-order valence-corrected chi connectivity index (χ3v) is 4.72.